The lowest BCUT2D eigenvalue weighted by Gasteiger charge is -2.01. The van der Waals surface area contributed by atoms with Crippen molar-refractivity contribution >= 4 is 16.0 Å². The van der Waals surface area contributed by atoms with E-state index in [1.165, 1.54) is 19.5 Å². The van der Waals surface area contributed by atoms with Crippen LogP contribution in [-0.2, 0) is 10.2 Å². The highest BCUT2D eigenvalue weighted by atomic mass is 32.2. The molecule has 0 aliphatic carbocycles. The number of anilines is 1. The van der Waals surface area contributed by atoms with Crippen LogP contribution in [0, 0.1) is 0 Å². The third-order valence-corrected chi connectivity index (χ3v) is 1.58. The molecule has 1 aromatic rings. The molecule has 0 saturated carbocycles. The number of aromatic nitrogens is 2. The Labute approximate surface area is 75.1 Å². The number of rotatable bonds is 3. The predicted molar refractivity (Wildman–Crippen MR) is 45.3 cm³/mol. The minimum absolute atomic E-state index is 0.0447. The Balaban J connectivity index is 2.81. The van der Waals surface area contributed by atoms with E-state index in [2.05, 4.69) is 9.97 Å². The van der Waals surface area contributed by atoms with Crippen LogP contribution in [0.2, 0.25) is 0 Å². The molecule has 0 spiro atoms. The zero-order valence-corrected chi connectivity index (χ0v) is 7.58. The number of nitrogens with one attached hydrogen (secondary N) is 1. The third kappa shape index (κ3) is 3.22. The molecule has 3 N–H and O–H groups in total. The molecule has 0 unspecified atom stereocenters. The largest absolute Gasteiger partial charge is 0.480 e. The zero-order valence-electron chi connectivity index (χ0n) is 6.76. The summed E-state index contributed by atoms with van der Waals surface area (Å²) in [7, 11) is -2.36. The first-order chi connectivity index (χ1) is 6.01. The van der Waals surface area contributed by atoms with Crippen molar-refractivity contribution in [2.24, 2.45) is 5.14 Å². The minimum atomic E-state index is -3.79. The quantitative estimate of drug-likeness (QED) is 0.663. The molecule has 1 aromatic heterocycles. The molecular weight excluding hydrogens is 196 g/mol. The van der Waals surface area contributed by atoms with Crippen molar-refractivity contribution in [3.63, 3.8) is 0 Å². The van der Waals surface area contributed by atoms with Crippen LogP contribution in [0.4, 0.5) is 5.82 Å². The lowest BCUT2D eigenvalue weighted by Crippen LogP contribution is -2.22. The molecule has 0 amide bonds. The first-order valence-corrected chi connectivity index (χ1v) is 4.72. The van der Waals surface area contributed by atoms with Gasteiger partial charge in [-0.2, -0.15) is 8.42 Å². The van der Waals surface area contributed by atoms with Crippen LogP contribution in [0.15, 0.2) is 12.4 Å². The highest BCUT2D eigenvalue weighted by Crippen LogP contribution is 2.06. The fourth-order valence-corrected chi connectivity index (χ4v) is 1.02. The molecule has 0 aromatic carbocycles. The second-order valence-electron chi connectivity index (χ2n) is 2.09. The van der Waals surface area contributed by atoms with E-state index in [4.69, 9.17) is 9.88 Å². The smallest absolute Gasteiger partial charge is 0.297 e. The summed E-state index contributed by atoms with van der Waals surface area (Å²) in [5.74, 6) is 0.336. The van der Waals surface area contributed by atoms with Gasteiger partial charge in [-0.3, -0.25) is 4.72 Å². The van der Waals surface area contributed by atoms with Gasteiger partial charge in [-0.25, -0.2) is 15.1 Å². The van der Waals surface area contributed by atoms with Gasteiger partial charge in [0.15, 0.2) is 5.82 Å². The molecule has 1 rings (SSSR count). The van der Waals surface area contributed by atoms with Gasteiger partial charge in [0.05, 0.1) is 19.5 Å². The van der Waals surface area contributed by atoms with E-state index in [9.17, 15) is 8.42 Å². The number of methoxy groups -OCH3 is 1. The minimum Gasteiger partial charge on any atom is -0.480 e. The molecule has 0 bridgehead atoms. The standard InChI is InChI=1S/C5H8N4O3S/c1-12-5-3-7-4(2-8-5)9-13(6,10)11/h2-3H,1H3,(H,7,9)(H2,6,10,11). The van der Waals surface area contributed by atoms with Crippen molar-refractivity contribution in [2.45, 2.75) is 0 Å². The average Bonchev–Trinajstić information content (AvgIpc) is 2.03. The van der Waals surface area contributed by atoms with Crippen LogP contribution in [0.25, 0.3) is 0 Å². The highest BCUT2D eigenvalue weighted by Gasteiger charge is 2.03. The van der Waals surface area contributed by atoms with Crippen molar-refractivity contribution in [3.05, 3.63) is 12.4 Å². The van der Waals surface area contributed by atoms with E-state index in [0.29, 0.717) is 5.88 Å². The van der Waals surface area contributed by atoms with Gasteiger partial charge in [-0.05, 0) is 0 Å². The van der Waals surface area contributed by atoms with Gasteiger partial charge >= 0.3 is 0 Å². The molecule has 0 radical (unpaired) electrons. The fourth-order valence-electron chi connectivity index (χ4n) is 0.620. The van der Waals surface area contributed by atoms with Crippen LogP contribution >= 0.6 is 0 Å². The Morgan fingerprint density at radius 3 is 2.54 bits per heavy atom. The molecular formula is C5H8N4O3S. The average molecular weight is 204 g/mol. The maximum atomic E-state index is 10.5. The maximum Gasteiger partial charge on any atom is 0.297 e. The van der Waals surface area contributed by atoms with Gasteiger partial charge in [0.25, 0.3) is 10.2 Å². The van der Waals surface area contributed by atoms with Crippen LogP contribution in [0.1, 0.15) is 0 Å². The Bertz CT molecular complexity index is 373. The Morgan fingerprint density at radius 1 is 1.46 bits per heavy atom. The first-order valence-electron chi connectivity index (χ1n) is 3.18. The Hall–Kier alpha value is -1.41. The lowest BCUT2D eigenvalue weighted by molar-refractivity contribution is 0.396. The first kappa shape index (κ1) is 9.68. The summed E-state index contributed by atoms with van der Waals surface area (Å²) >= 11 is 0. The van der Waals surface area contributed by atoms with E-state index < -0.39 is 10.2 Å². The second kappa shape index (κ2) is 3.54. The second-order valence-corrected chi connectivity index (χ2v) is 3.39. The Kier molecular flexibility index (Phi) is 2.63. The zero-order chi connectivity index (χ0) is 9.90. The SMILES string of the molecule is COc1cnc(NS(N)(=O)=O)cn1. The highest BCUT2D eigenvalue weighted by molar-refractivity contribution is 7.90. The molecule has 13 heavy (non-hydrogen) atoms. The van der Waals surface area contributed by atoms with Gasteiger partial charge in [0.2, 0.25) is 5.88 Å². The molecule has 8 heteroatoms. The summed E-state index contributed by atoms with van der Waals surface area (Å²) in [5, 5.41) is 4.70. The van der Waals surface area contributed by atoms with E-state index in [-0.39, 0.29) is 5.82 Å². The molecule has 7 nitrogen and oxygen atoms in total. The van der Waals surface area contributed by atoms with Crippen LogP contribution < -0.4 is 14.6 Å². The molecule has 0 fully saturated rings. The van der Waals surface area contributed by atoms with Gasteiger partial charge in [0, 0.05) is 0 Å². The number of hydrogen-bond donors (Lipinski definition) is 2. The van der Waals surface area contributed by atoms with Gasteiger partial charge in [0.1, 0.15) is 0 Å². The third-order valence-electron chi connectivity index (χ3n) is 1.08. The van der Waals surface area contributed by atoms with E-state index in [1.807, 2.05) is 4.72 Å². The molecule has 1 heterocycles. The van der Waals surface area contributed by atoms with Gasteiger partial charge in [-0.1, -0.05) is 0 Å². The number of nitrogens with zero attached hydrogens (tertiary/aromatic N) is 2. The lowest BCUT2D eigenvalue weighted by atomic mass is 10.7. The summed E-state index contributed by atoms with van der Waals surface area (Å²) in [6, 6.07) is 0. The summed E-state index contributed by atoms with van der Waals surface area (Å²) in [6.07, 6.45) is 2.47. The molecule has 72 valence electrons. The molecule has 0 aliphatic heterocycles. The summed E-state index contributed by atoms with van der Waals surface area (Å²) in [6.45, 7) is 0. The van der Waals surface area contributed by atoms with Crippen LogP contribution in [-0.4, -0.2) is 25.5 Å². The van der Waals surface area contributed by atoms with Crippen LogP contribution in [0.3, 0.4) is 0 Å². The Morgan fingerprint density at radius 2 is 2.15 bits per heavy atom. The fraction of sp³-hybridized carbons (Fsp3) is 0.200. The van der Waals surface area contributed by atoms with Crippen molar-refractivity contribution < 1.29 is 13.2 Å². The van der Waals surface area contributed by atoms with Crippen molar-refractivity contribution in [1.82, 2.24) is 9.97 Å². The number of nitrogens with two attached hydrogens (primary N) is 1. The summed E-state index contributed by atoms with van der Waals surface area (Å²) in [5.41, 5.74) is 0. The van der Waals surface area contributed by atoms with Gasteiger partial charge in [-0.15, -0.1) is 0 Å². The molecule has 0 saturated heterocycles. The van der Waals surface area contributed by atoms with Crippen LogP contribution in [0.5, 0.6) is 5.88 Å². The predicted octanol–water partition coefficient (Wildman–Crippen LogP) is -0.899. The van der Waals surface area contributed by atoms with Crippen molar-refractivity contribution in [2.75, 3.05) is 11.8 Å². The molecule has 0 atom stereocenters. The number of ether oxygens (including phenoxy) is 1. The normalized spacial score (nSPS) is 10.9. The number of hydrogen-bond acceptors (Lipinski definition) is 5. The van der Waals surface area contributed by atoms with E-state index >= 15 is 0 Å². The van der Waals surface area contributed by atoms with E-state index in [0.717, 1.165) is 0 Å². The maximum absolute atomic E-state index is 10.5. The topological polar surface area (TPSA) is 107 Å². The van der Waals surface area contributed by atoms with Gasteiger partial charge < -0.3 is 4.74 Å². The van der Waals surface area contributed by atoms with E-state index in [1.54, 1.807) is 0 Å². The summed E-state index contributed by atoms with van der Waals surface area (Å²) < 4.78 is 27.7. The van der Waals surface area contributed by atoms with Crippen molar-refractivity contribution in [3.8, 4) is 5.88 Å². The monoisotopic (exact) mass is 204 g/mol. The summed E-state index contributed by atoms with van der Waals surface area (Å²) in [4.78, 5) is 7.39. The van der Waals surface area contributed by atoms with Crippen molar-refractivity contribution in [1.29, 1.82) is 0 Å². The molecule has 0 aliphatic rings.